The molecule has 2 atom stereocenters. The smallest absolute Gasteiger partial charge is 0.237 e. The fourth-order valence-corrected chi connectivity index (χ4v) is 2.61. The van der Waals surface area contributed by atoms with Crippen molar-refractivity contribution in [3.63, 3.8) is 0 Å². The van der Waals surface area contributed by atoms with Gasteiger partial charge in [-0.05, 0) is 43.5 Å². The second-order valence-electron chi connectivity index (χ2n) is 5.25. The van der Waals surface area contributed by atoms with Crippen molar-refractivity contribution in [2.75, 3.05) is 13.7 Å². The van der Waals surface area contributed by atoms with Gasteiger partial charge in [0.2, 0.25) is 5.91 Å². The van der Waals surface area contributed by atoms with E-state index >= 15 is 0 Å². The molecular formula is C16H24N2O2. The fraction of sp³-hybridized carbons (Fsp3) is 0.562. The van der Waals surface area contributed by atoms with Gasteiger partial charge >= 0.3 is 0 Å². The molecule has 2 rings (SSSR count). The molecule has 0 bridgehead atoms. The van der Waals surface area contributed by atoms with Crippen molar-refractivity contribution in [3.05, 3.63) is 29.8 Å². The first kappa shape index (κ1) is 14.9. The molecule has 1 aliphatic heterocycles. The van der Waals surface area contributed by atoms with E-state index in [0.29, 0.717) is 0 Å². The molecule has 1 amide bonds. The standard InChI is InChI=1S/C16H24N2O2/c1-3-14(12-7-9-13(20-2)10-8-12)18-16(19)15-6-4-5-11-17-15/h7-10,14-15,17H,3-6,11H2,1-2H3,(H,18,19). The molecule has 20 heavy (non-hydrogen) atoms. The Labute approximate surface area is 120 Å². The van der Waals surface area contributed by atoms with Gasteiger partial charge in [0, 0.05) is 0 Å². The number of amides is 1. The molecular weight excluding hydrogens is 252 g/mol. The Hall–Kier alpha value is -1.55. The second-order valence-corrected chi connectivity index (χ2v) is 5.25. The highest BCUT2D eigenvalue weighted by Gasteiger charge is 2.22. The highest BCUT2D eigenvalue weighted by Crippen LogP contribution is 2.20. The number of carbonyl (C=O) groups is 1. The lowest BCUT2D eigenvalue weighted by molar-refractivity contribution is -0.124. The van der Waals surface area contributed by atoms with Crippen molar-refractivity contribution in [2.24, 2.45) is 0 Å². The van der Waals surface area contributed by atoms with Crippen LogP contribution in [-0.2, 0) is 4.79 Å². The number of rotatable bonds is 5. The molecule has 110 valence electrons. The van der Waals surface area contributed by atoms with Crippen LogP contribution in [0.3, 0.4) is 0 Å². The third-order valence-electron chi connectivity index (χ3n) is 3.87. The van der Waals surface area contributed by atoms with E-state index in [4.69, 9.17) is 4.74 Å². The van der Waals surface area contributed by atoms with Gasteiger partial charge in [-0.1, -0.05) is 25.5 Å². The molecule has 1 aliphatic rings. The molecule has 1 saturated heterocycles. The van der Waals surface area contributed by atoms with Crippen LogP contribution in [0.4, 0.5) is 0 Å². The second kappa shape index (κ2) is 7.29. The summed E-state index contributed by atoms with van der Waals surface area (Å²) in [6.45, 7) is 3.03. The SMILES string of the molecule is CCC(NC(=O)C1CCCCN1)c1ccc(OC)cc1. The van der Waals surface area contributed by atoms with E-state index in [0.717, 1.165) is 37.1 Å². The maximum atomic E-state index is 12.3. The number of piperidine rings is 1. The van der Waals surface area contributed by atoms with Gasteiger partial charge in [-0.2, -0.15) is 0 Å². The number of benzene rings is 1. The van der Waals surface area contributed by atoms with E-state index in [9.17, 15) is 4.79 Å². The van der Waals surface area contributed by atoms with Crippen molar-refractivity contribution in [3.8, 4) is 5.75 Å². The third kappa shape index (κ3) is 3.73. The van der Waals surface area contributed by atoms with Gasteiger partial charge in [0.15, 0.2) is 0 Å². The molecule has 4 heteroatoms. The first-order valence-electron chi connectivity index (χ1n) is 7.42. The van der Waals surface area contributed by atoms with Crippen molar-refractivity contribution in [1.29, 1.82) is 0 Å². The molecule has 1 heterocycles. The minimum atomic E-state index is -0.0314. The molecule has 0 radical (unpaired) electrons. The Balaban J connectivity index is 1.98. The van der Waals surface area contributed by atoms with Gasteiger partial charge in [0.1, 0.15) is 5.75 Å². The van der Waals surface area contributed by atoms with Crippen molar-refractivity contribution >= 4 is 5.91 Å². The van der Waals surface area contributed by atoms with Crippen LogP contribution in [0.25, 0.3) is 0 Å². The van der Waals surface area contributed by atoms with Gasteiger partial charge in [-0.25, -0.2) is 0 Å². The van der Waals surface area contributed by atoms with E-state index in [-0.39, 0.29) is 18.0 Å². The minimum absolute atomic E-state index is 0.0314. The van der Waals surface area contributed by atoms with Crippen LogP contribution in [0.15, 0.2) is 24.3 Å². The fourth-order valence-electron chi connectivity index (χ4n) is 2.61. The highest BCUT2D eigenvalue weighted by molar-refractivity contribution is 5.82. The lowest BCUT2D eigenvalue weighted by atomic mass is 10.0. The molecule has 1 aromatic carbocycles. The zero-order valence-electron chi connectivity index (χ0n) is 12.3. The Morgan fingerprint density at radius 2 is 2.15 bits per heavy atom. The number of ether oxygens (including phenoxy) is 1. The van der Waals surface area contributed by atoms with Crippen molar-refractivity contribution < 1.29 is 9.53 Å². The highest BCUT2D eigenvalue weighted by atomic mass is 16.5. The molecule has 1 fully saturated rings. The van der Waals surface area contributed by atoms with Crippen LogP contribution in [-0.4, -0.2) is 25.6 Å². The summed E-state index contributed by atoms with van der Waals surface area (Å²) in [6.07, 6.45) is 4.11. The molecule has 2 N–H and O–H groups in total. The largest absolute Gasteiger partial charge is 0.497 e. The van der Waals surface area contributed by atoms with Gasteiger partial charge < -0.3 is 15.4 Å². The van der Waals surface area contributed by atoms with E-state index in [1.807, 2.05) is 24.3 Å². The molecule has 2 unspecified atom stereocenters. The topological polar surface area (TPSA) is 50.4 Å². The first-order chi connectivity index (χ1) is 9.74. The average molecular weight is 276 g/mol. The molecule has 0 aliphatic carbocycles. The quantitative estimate of drug-likeness (QED) is 0.868. The summed E-state index contributed by atoms with van der Waals surface area (Å²) in [4.78, 5) is 12.3. The van der Waals surface area contributed by atoms with E-state index in [2.05, 4.69) is 17.6 Å². The lowest BCUT2D eigenvalue weighted by Crippen LogP contribution is -2.47. The number of carbonyl (C=O) groups excluding carboxylic acids is 1. The van der Waals surface area contributed by atoms with Gasteiger partial charge in [-0.15, -0.1) is 0 Å². The lowest BCUT2D eigenvalue weighted by Gasteiger charge is -2.25. The van der Waals surface area contributed by atoms with Crippen LogP contribution < -0.4 is 15.4 Å². The van der Waals surface area contributed by atoms with Gasteiger partial charge in [-0.3, -0.25) is 4.79 Å². The summed E-state index contributed by atoms with van der Waals surface area (Å²) in [7, 11) is 1.66. The number of methoxy groups -OCH3 is 1. The summed E-state index contributed by atoms with van der Waals surface area (Å²) in [5, 5.41) is 6.43. The molecule has 0 saturated carbocycles. The zero-order valence-corrected chi connectivity index (χ0v) is 12.3. The van der Waals surface area contributed by atoms with Crippen LogP contribution in [0, 0.1) is 0 Å². The Morgan fingerprint density at radius 3 is 2.70 bits per heavy atom. The zero-order chi connectivity index (χ0) is 14.4. The van der Waals surface area contributed by atoms with E-state index in [1.54, 1.807) is 7.11 Å². The van der Waals surface area contributed by atoms with E-state index in [1.165, 1.54) is 6.42 Å². The average Bonchev–Trinajstić information content (AvgIpc) is 2.53. The summed E-state index contributed by atoms with van der Waals surface area (Å²) in [5.74, 6) is 0.955. The normalized spacial score (nSPS) is 20.2. The van der Waals surface area contributed by atoms with Crippen LogP contribution in [0.1, 0.15) is 44.2 Å². The van der Waals surface area contributed by atoms with Crippen molar-refractivity contribution in [2.45, 2.75) is 44.7 Å². The molecule has 1 aromatic rings. The Kier molecular flexibility index (Phi) is 5.41. The number of hydrogen-bond donors (Lipinski definition) is 2. The summed E-state index contributed by atoms with van der Waals surface area (Å²) in [5.41, 5.74) is 1.12. The minimum Gasteiger partial charge on any atom is -0.497 e. The van der Waals surface area contributed by atoms with Crippen LogP contribution in [0.5, 0.6) is 5.75 Å². The maximum Gasteiger partial charge on any atom is 0.237 e. The maximum absolute atomic E-state index is 12.3. The van der Waals surface area contributed by atoms with E-state index < -0.39 is 0 Å². The predicted octanol–water partition coefficient (Wildman–Crippen LogP) is 2.40. The monoisotopic (exact) mass is 276 g/mol. The molecule has 0 aromatic heterocycles. The Morgan fingerprint density at radius 1 is 1.40 bits per heavy atom. The van der Waals surface area contributed by atoms with Crippen LogP contribution in [0.2, 0.25) is 0 Å². The summed E-state index contributed by atoms with van der Waals surface area (Å²) >= 11 is 0. The first-order valence-corrected chi connectivity index (χ1v) is 7.42. The Bertz CT molecular complexity index is 425. The van der Waals surface area contributed by atoms with Crippen LogP contribution >= 0.6 is 0 Å². The number of hydrogen-bond acceptors (Lipinski definition) is 3. The summed E-state index contributed by atoms with van der Waals surface area (Å²) in [6, 6.07) is 7.93. The third-order valence-corrected chi connectivity index (χ3v) is 3.87. The predicted molar refractivity (Wildman–Crippen MR) is 79.8 cm³/mol. The van der Waals surface area contributed by atoms with Gasteiger partial charge in [0.25, 0.3) is 0 Å². The number of nitrogens with one attached hydrogen (secondary N) is 2. The molecule has 4 nitrogen and oxygen atoms in total. The van der Waals surface area contributed by atoms with Crippen molar-refractivity contribution in [1.82, 2.24) is 10.6 Å². The summed E-state index contributed by atoms with van der Waals surface area (Å²) < 4.78 is 5.16. The van der Waals surface area contributed by atoms with Gasteiger partial charge in [0.05, 0.1) is 19.2 Å². The molecule has 0 spiro atoms.